The standard InChI is InChI=1S/C22H20FNO3S2/c1-26-22(6-9-27-10-7-22)16-12-17(23)14-19(13-16)29-18-4-2-15(3-5-18)20(25)21-24-8-11-28-21/h2-5,8,11-14H,6-7,9-10H2,1H3. The molecule has 0 amide bonds. The molecule has 0 atom stereocenters. The van der Waals surface area contributed by atoms with Crippen LogP contribution in [0.4, 0.5) is 4.39 Å². The average molecular weight is 430 g/mol. The molecule has 29 heavy (non-hydrogen) atoms. The molecule has 1 saturated heterocycles. The summed E-state index contributed by atoms with van der Waals surface area (Å²) in [5.74, 6) is -0.380. The van der Waals surface area contributed by atoms with Gasteiger partial charge in [0.2, 0.25) is 5.78 Å². The summed E-state index contributed by atoms with van der Waals surface area (Å²) in [6, 6.07) is 12.4. The summed E-state index contributed by atoms with van der Waals surface area (Å²) in [6.07, 6.45) is 3.02. The van der Waals surface area contributed by atoms with Crippen LogP contribution in [0.2, 0.25) is 0 Å². The summed E-state index contributed by atoms with van der Waals surface area (Å²) in [4.78, 5) is 18.2. The molecule has 0 N–H and O–H groups in total. The van der Waals surface area contributed by atoms with E-state index >= 15 is 0 Å². The first-order valence-electron chi connectivity index (χ1n) is 9.26. The van der Waals surface area contributed by atoms with Crippen LogP contribution in [0.25, 0.3) is 0 Å². The van der Waals surface area contributed by atoms with E-state index < -0.39 is 5.60 Å². The van der Waals surface area contributed by atoms with Gasteiger partial charge in [0, 0.05) is 60.1 Å². The molecule has 0 unspecified atom stereocenters. The molecule has 1 aliphatic heterocycles. The lowest BCUT2D eigenvalue weighted by molar-refractivity contribution is -0.0950. The molecule has 0 spiro atoms. The number of hydrogen-bond acceptors (Lipinski definition) is 6. The zero-order valence-corrected chi connectivity index (χ0v) is 17.5. The van der Waals surface area contributed by atoms with Crippen molar-refractivity contribution in [1.29, 1.82) is 0 Å². The van der Waals surface area contributed by atoms with Crippen LogP contribution >= 0.6 is 23.1 Å². The number of methoxy groups -OCH3 is 1. The van der Waals surface area contributed by atoms with Crippen LogP contribution < -0.4 is 0 Å². The summed E-state index contributed by atoms with van der Waals surface area (Å²) in [5.41, 5.74) is 0.908. The second-order valence-electron chi connectivity index (χ2n) is 6.78. The zero-order chi connectivity index (χ0) is 20.3. The predicted octanol–water partition coefficient (Wildman–Crippen LogP) is 5.32. The smallest absolute Gasteiger partial charge is 0.221 e. The number of thiazole rings is 1. The highest BCUT2D eigenvalue weighted by atomic mass is 32.2. The Morgan fingerprint density at radius 3 is 2.59 bits per heavy atom. The van der Waals surface area contributed by atoms with Crippen molar-refractivity contribution in [3.05, 3.63) is 76.0 Å². The van der Waals surface area contributed by atoms with Gasteiger partial charge < -0.3 is 9.47 Å². The first-order valence-corrected chi connectivity index (χ1v) is 11.0. The van der Waals surface area contributed by atoms with E-state index in [2.05, 4.69) is 4.98 Å². The van der Waals surface area contributed by atoms with Crippen molar-refractivity contribution in [2.45, 2.75) is 28.2 Å². The van der Waals surface area contributed by atoms with Crippen molar-refractivity contribution in [1.82, 2.24) is 4.98 Å². The molecule has 7 heteroatoms. The number of aromatic nitrogens is 1. The van der Waals surface area contributed by atoms with E-state index in [-0.39, 0.29) is 11.6 Å². The predicted molar refractivity (Wildman–Crippen MR) is 111 cm³/mol. The lowest BCUT2D eigenvalue weighted by Crippen LogP contribution is -2.35. The van der Waals surface area contributed by atoms with E-state index in [1.807, 2.05) is 18.2 Å². The van der Waals surface area contributed by atoms with Gasteiger partial charge in [-0.1, -0.05) is 11.8 Å². The summed E-state index contributed by atoms with van der Waals surface area (Å²) in [5, 5.41) is 2.26. The van der Waals surface area contributed by atoms with Gasteiger partial charge in [0.1, 0.15) is 5.82 Å². The van der Waals surface area contributed by atoms with E-state index in [1.54, 1.807) is 36.9 Å². The lowest BCUT2D eigenvalue weighted by Gasteiger charge is -2.36. The van der Waals surface area contributed by atoms with Crippen LogP contribution in [-0.4, -0.2) is 31.1 Å². The Morgan fingerprint density at radius 1 is 1.17 bits per heavy atom. The minimum absolute atomic E-state index is 0.0915. The third-order valence-corrected chi connectivity index (χ3v) is 6.82. The van der Waals surface area contributed by atoms with Gasteiger partial charge >= 0.3 is 0 Å². The van der Waals surface area contributed by atoms with Crippen LogP contribution in [0.3, 0.4) is 0 Å². The molecule has 1 aromatic heterocycles. The van der Waals surface area contributed by atoms with Crippen LogP contribution in [-0.2, 0) is 15.1 Å². The summed E-state index contributed by atoms with van der Waals surface area (Å²) in [6.45, 7) is 1.20. The van der Waals surface area contributed by atoms with E-state index in [9.17, 15) is 9.18 Å². The van der Waals surface area contributed by atoms with Gasteiger partial charge in [-0.25, -0.2) is 9.37 Å². The second-order valence-corrected chi connectivity index (χ2v) is 8.82. The van der Waals surface area contributed by atoms with Crippen molar-refractivity contribution < 1.29 is 18.7 Å². The molecular formula is C22H20FNO3S2. The Labute approximate surface area is 177 Å². The van der Waals surface area contributed by atoms with Gasteiger partial charge in [-0.2, -0.15) is 0 Å². The number of ketones is 1. The maximum absolute atomic E-state index is 14.4. The molecule has 1 fully saturated rings. The third-order valence-electron chi connectivity index (χ3n) is 5.07. The molecule has 0 saturated carbocycles. The number of carbonyl (C=O) groups excluding carboxylic acids is 1. The Morgan fingerprint density at radius 2 is 1.93 bits per heavy atom. The number of halogens is 1. The quantitative estimate of drug-likeness (QED) is 0.497. The first kappa shape index (κ1) is 20.2. The van der Waals surface area contributed by atoms with Gasteiger partial charge in [0.25, 0.3) is 0 Å². The second kappa shape index (κ2) is 8.75. The lowest BCUT2D eigenvalue weighted by atomic mass is 9.86. The van der Waals surface area contributed by atoms with Crippen LogP contribution in [0.5, 0.6) is 0 Å². The van der Waals surface area contributed by atoms with Gasteiger partial charge in [-0.3, -0.25) is 4.79 Å². The van der Waals surface area contributed by atoms with Crippen molar-refractivity contribution in [3.63, 3.8) is 0 Å². The molecule has 1 aliphatic rings. The summed E-state index contributed by atoms with van der Waals surface area (Å²) < 4.78 is 25.6. The zero-order valence-electron chi connectivity index (χ0n) is 15.9. The molecule has 3 aromatic rings. The highest BCUT2D eigenvalue weighted by Crippen LogP contribution is 2.39. The van der Waals surface area contributed by atoms with Crippen molar-refractivity contribution in [3.8, 4) is 0 Å². The van der Waals surface area contributed by atoms with Crippen molar-refractivity contribution >= 4 is 28.9 Å². The van der Waals surface area contributed by atoms with Gasteiger partial charge in [-0.05, 0) is 48.0 Å². The monoisotopic (exact) mass is 429 g/mol. The number of benzene rings is 2. The number of hydrogen-bond donors (Lipinski definition) is 0. The minimum atomic E-state index is -0.514. The summed E-state index contributed by atoms with van der Waals surface area (Å²) >= 11 is 2.78. The van der Waals surface area contributed by atoms with Crippen LogP contribution in [0.1, 0.15) is 33.8 Å². The molecule has 4 nitrogen and oxygen atoms in total. The first-order chi connectivity index (χ1) is 14.1. The van der Waals surface area contributed by atoms with Crippen molar-refractivity contribution in [2.75, 3.05) is 20.3 Å². The molecule has 0 bridgehead atoms. The molecule has 150 valence electrons. The largest absolute Gasteiger partial charge is 0.381 e. The number of ether oxygens (including phenoxy) is 2. The van der Waals surface area contributed by atoms with Gasteiger partial charge in [-0.15, -0.1) is 11.3 Å². The number of nitrogens with zero attached hydrogens (tertiary/aromatic N) is 1. The third kappa shape index (κ3) is 4.43. The number of carbonyl (C=O) groups is 1. The fourth-order valence-corrected chi connectivity index (χ4v) is 4.96. The van der Waals surface area contributed by atoms with Crippen LogP contribution in [0.15, 0.2) is 63.8 Å². The number of rotatable bonds is 6. The van der Waals surface area contributed by atoms with E-state index in [0.717, 1.165) is 15.4 Å². The van der Waals surface area contributed by atoms with E-state index in [4.69, 9.17) is 9.47 Å². The maximum atomic E-state index is 14.4. The highest BCUT2D eigenvalue weighted by molar-refractivity contribution is 7.99. The molecule has 2 heterocycles. The molecule has 4 rings (SSSR count). The highest BCUT2D eigenvalue weighted by Gasteiger charge is 2.35. The normalized spacial score (nSPS) is 15.9. The topological polar surface area (TPSA) is 48.4 Å². The minimum Gasteiger partial charge on any atom is -0.381 e. The van der Waals surface area contributed by atoms with Crippen molar-refractivity contribution in [2.24, 2.45) is 0 Å². The Hall–Kier alpha value is -2.06. The fourth-order valence-electron chi connectivity index (χ4n) is 3.47. The Kier molecular flexibility index (Phi) is 6.10. The summed E-state index contributed by atoms with van der Waals surface area (Å²) in [7, 11) is 1.67. The fraction of sp³-hybridized carbons (Fsp3) is 0.273. The molecule has 2 aromatic carbocycles. The van der Waals surface area contributed by atoms with Gasteiger partial charge in [0.05, 0.1) is 5.60 Å². The molecule has 0 aliphatic carbocycles. The average Bonchev–Trinajstić information content (AvgIpc) is 3.29. The van der Waals surface area contributed by atoms with Crippen LogP contribution in [0, 0.1) is 5.82 Å². The molecular weight excluding hydrogens is 409 g/mol. The van der Waals surface area contributed by atoms with E-state index in [1.165, 1.54) is 29.2 Å². The van der Waals surface area contributed by atoms with E-state index in [0.29, 0.717) is 36.6 Å². The molecule has 0 radical (unpaired) electrons. The Bertz CT molecular complexity index is 984. The SMILES string of the molecule is COC1(c2cc(F)cc(Sc3ccc(C(=O)c4nccs4)cc3)c2)CCOCC1. The Balaban J connectivity index is 1.55. The van der Waals surface area contributed by atoms with Gasteiger partial charge in [0.15, 0.2) is 5.01 Å². The maximum Gasteiger partial charge on any atom is 0.221 e.